The van der Waals surface area contributed by atoms with Crippen LogP contribution in [0.4, 0.5) is 0 Å². The van der Waals surface area contributed by atoms with Gasteiger partial charge in [-0.05, 0) is 60.1 Å². The lowest BCUT2D eigenvalue weighted by Crippen LogP contribution is -2.24. The third-order valence-corrected chi connectivity index (χ3v) is 3.94. The van der Waals surface area contributed by atoms with E-state index in [1.165, 1.54) is 25.7 Å². The van der Waals surface area contributed by atoms with E-state index in [2.05, 4.69) is 34.5 Å². The number of nitrogens with zero attached hydrogens (tertiary/aromatic N) is 1. The van der Waals surface area contributed by atoms with Gasteiger partial charge in [0.15, 0.2) is 0 Å². The minimum absolute atomic E-state index is 0.571. The van der Waals surface area contributed by atoms with Gasteiger partial charge in [-0.3, -0.25) is 4.99 Å². The van der Waals surface area contributed by atoms with Gasteiger partial charge >= 0.3 is 0 Å². The van der Waals surface area contributed by atoms with Crippen molar-refractivity contribution < 1.29 is 0 Å². The van der Waals surface area contributed by atoms with Crippen molar-refractivity contribution in [2.45, 2.75) is 38.6 Å². The first-order valence-electron chi connectivity index (χ1n) is 5.35. The van der Waals surface area contributed by atoms with E-state index in [0.717, 1.165) is 15.2 Å². The molecule has 0 spiro atoms. The fraction of sp³-hybridized carbons (Fsp3) is 0.727. The van der Waals surface area contributed by atoms with E-state index in [1.54, 1.807) is 0 Å². The predicted molar refractivity (Wildman–Crippen MR) is 68.6 cm³/mol. The molecule has 0 atom stereocenters. The van der Waals surface area contributed by atoms with Gasteiger partial charge in [0.2, 0.25) is 0 Å². The number of halogens is 1. The van der Waals surface area contributed by atoms with Crippen molar-refractivity contribution in [2.24, 2.45) is 22.6 Å². The van der Waals surface area contributed by atoms with Crippen LogP contribution >= 0.6 is 22.6 Å². The largest absolute Gasteiger partial charge is 0.401 e. The van der Waals surface area contributed by atoms with Crippen LogP contribution in [0.5, 0.6) is 0 Å². The van der Waals surface area contributed by atoms with Crippen molar-refractivity contribution in [3.05, 3.63) is 9.28 Å². The van der Waals surface area contributed by atoms with Crippen LogP contribution in [0.3, 0.4) is 0 Å². The molecule has 0 aromatic rings. The minimum Gasteiger partial charge on any atom is -0.401 e. The van der Waals surface area contributed by atoms with Crippen molar-refractivity contribution in [2.75, 3.05) is 0 Å². The lowest BCUT2D eigenvalue weighted by atomic mass is 9.82. The van der Waals surface area contributed by atoms with Crippen LogP contribution in [0.25, 0.3) is 0 Å². The normalized spacial score (nSPS) is 34.1. The van der Waals surface area contributed by atoms with Gasteiger partial charge in [-0.1, -0.05) is 6.92 Å². The van der Waals surface area contributed by atoms with Crippen LogP contribution in [-0.4, -0.2) is 12.3 Å². The summed E-state index contributed by atoms with van der Waals surface area (Å²) in [4.78, 5) is 4.54. The van der Waals surface area contributed by atoms with E-state index in [-0.39, 0.29) is 0 Å². The van der Waals surface area contributed by atoms with E-state index in [0.29, 0.717) is 12.0 Å². The van der Waals surface area contributed by atoms with Crippen LogP contribution in [0.1, 0.15) is 32.6 Å². The maximum atomic E-state index is 5.98. The molecule has 0 aromatic heterocycles. The summed E-state index contributed by atoms with van der Waals surface area (Å²) in [7, 11) is 0. The Morgan fingerprint density at radius 2 is 2.07 bits per heavy atom. The van der Waals surface area contributed by atoms with Crippen LogP contribution in [0.2, 0.25) is 0 Å². The average molecular weight is 304 g/mol. The molecule has 0 aliphatic heterocycles. The maximum absolute atomic E-state index is 5.98. The molecule has 2 N–H and O–H groups in total. The number of nitrogens with two attached hydrogens (primary N) is 1. The van der Waals surface area contributed by atoms with Crippen LogP contribution in [0.15, 0.2) is 14.3 Å². The van der Waals surface area contributed by atoms with Crippen molar-refractivity contribution in [3.8, 4) is 0 Å². The van der Waals surface area contributed by atoms with E-state index in [4.69, 9.17) is 5.73 Å². The smallest absolute Gasteiger partial charge is 0.0505 e. The quantitative estimate of drug-likeness (QED) is 0.632. The molecule has 2 aliphatic carbocycles. The van der Waals surface area contributed by atoms with Gasteiger partial charge in [-0.2, -0.15) is 0 Å². The number of aliphatic imine (C=N–C) groups is 1. The lowest BCUT2D eigenvalue weighted by Gasteiger charge is -2.29. The Bertz CT molecular complexity index is 273. The summed E-state index contributed by atoms with van der Waals surface area (Å²) in [5.41, 5.74) is 7.03. The average Bonchev–Trinajstić information content (AvgIpc) is 2.91. The van der Waals surface area contributed by atoms with Gasteiger partial charge in [-0.15, -0.1) is 0 Å². The zero-order chi connectivity index (χ0) is 10.1. The molecule has 14 heavy (non-hydrogen) atoms. The molecule has 2 aliphatic rings. The molecule has 2 fully saturated rings. The summed E-state index contributed by atoms with van der Waals surface area (Å²) in [6, 6.07) is 0.571. The van der Waals surface area contributed by atoms with Gasteiger partial charge in [0.1, 0.15) is 0 Å². The molecule has 78 valence electrons. The Hall–Kier alpha value is -0.0600. The molecular weight excluding hydrogens is 287 g/mol. The second kappa shape index (κ2) is 4.21. The predicted octanol–water partition coefficient (Wildman–Crippen LogP) is 2.87. The molecule has 0 amide bonds. The highest BCUT2D eigenvalue weighted by Crippen LogP contribution is 2.36. The zero-order valence-electron chi connectivity index (χ0n) is 8.54. The monoisotopic (exact) mass is 304 g/mol. The second-order valence-corrected chi connectivity index (χ2v) is 5.75. The molecule has 2 nitrogen and oxygen atoms in total. The summed E-state index contributed by atoms with van der Waals surface area (Å²) >= 11 is 2.31. The molecule has 0 saturated heterocycles. The third kappa shape index (κ3) is 2.49. The Kier molecular flexibility index (Phi) is 3.14. The Balaban J connectivity index is 1.86. The number of rotatable bonds is 3. The van der Waals surface area contributed by atoms with E-state index in [1.807, 2.05) is 6.21 Å². The van der Waals surface area contributed by atoms with Crippen LogP contribution in [0, 0.1) is 11.8 Å². The first-order valence-corrected chi connectivity index (χ1v) is 6.43. The number of hydrogen-bond acceptors (Lipinski definition) is 2. The highest BCUT2D eigenvalue weighted by atomic mass is 127. The Morgan fingerprint density at radius 1 is 1.43 bits per heavy atom. The van der Waals surface area contributed by atoms with Crippen molar-refractivity contribution in [3.63, 3.8) is 0 Å². The summed E-state index contributed by atoms with van der Waals surface area (Å²) in [6.45, 7) is 2.28. The van der Waals surface area contributed by atoms with Gasteiger partial charge < -0.3 is 5.73 Å². The first-order chi connectivity index (χ1) is 6.66. The fourth-order valence-corrected chi connectivity index (χ4v) is 2.42. The van der Waals surface area contributed by atoms with E-state index < -0.39 is 0 Å². The molecule has 2 saturated carbocycles. The van der Waals surface area contributed by atoms with E-state index in [9.17, 15) is 0 Å². The van der Waals surface area contributed by atoms with E-state index >= 15 is 0 Å². The Labute approximate surface area is 99.2 Å². The number of allylic oxidation sites excluding steroid dienone is 2. The third-order valence-electron chi connectivity index (χ3n) is 3.04. The topological polar surface area (TPSA) is 38.4 Å². The molecule has 0 bridgehead atoms. The van der Waals surface area contributed by atoms with Crippen LogP contribution in [-0.2, 0) is 0 Å². The molecule has 0 radical (unpaired) electrons. The highest BCUT2D eigenvalue weighted by Gasteiger charge is 2.26. The molecule has 3 heteroatoms. The Morgan fingerprint density at radius 3 is 2.57 bits per heavy atom. The van der Waals surface area contributed by atoms with Crippen molar-refractivity contribution in [1.82, 2.24) is 0 Å². The van der Waals surface area contributed by atoms with Gasteiger partial charge in [0.25, 0.3) is 0 Å². The minimum atomic E-state index is 0.571. The van der Waals surface area contributed by atoms with Crippen molar-refractivity contribution >= 4 is 28.8 Å². The standard InChI is InChI=1S/C11H17IN2/c1-7-4-9(5-7)14-6-10(12)11(13)8-2-3-8/h6-9H,2-5,13H2,1H3. The highest BCUT2D eigenvalue weighted by molar-refractivity contribution is 14.1. The molecule has 0 aromatic carbocycles. The summed E-state index contributed by atoms with van der Waals surface area (Å²) < 4.78 is 1.16. The van der Waals surface area contributed by atoms with Gasteiger partial charge in [-0.25, -0.2) is 0 Å². The molecule has 0 heterocycles. The lowest BCUT2D eigenvalue weighted by molar-refractivity contribution is 0.293. The first kappa shape index (κ1) is 10.5. The summed E-state index contributed by atoms with van der Waals surface area (Å²) in [5, 5.41) is 0. The molecule has 0 unspecified atom stereocenters. The fourth-order valence-electron chi connectivity index (χ4n) is 1.82. The molecular formula is C11H17IN2. The van der Waals surface area contributed by atoms with Gasteiger partial charge in [0.05, 0.1) is 6.04 Å². The SMILES string of the molecule is CC1CC(N=CC(I)=C(N)C2CC2)C1. The molecule has 2 rings (SSSR count). The zero-order valence-corrected chi connectivity index (χ0v) is 10.7. The van der Waals surface area contributed by atoms with Gasteiger partial charge in [0, 0.05) is 15.5 Å². The summed E-state index contributed by atoms with van der Waals surface area (Å²) in [6.07, 6.45) is 7.03. The second-order valence-electron chi connectivity index (χ2n) is 4.59. The maximum Gasteiger partial charge on any atom is 0.0505 e. The summed E-state index contributed by atoms with van der Waals surface area (Å²) in [5.74, 6) is 1.54. The van der Waals surface area contributed by atoms with Crippen LogP contribution < -0.4 is 5.73 Å². The number of hydrogen-bond donors (Lipinski definition) is 1. The van der Waals surface area contributed by atoms with Crippen molar-refractivity contribution in [1.29, 1.82) is 0 Å².